The van der Waals surface area contributed by atoms with Crippen molar-refractivity contribution in [2.24, 2.45) is 11.5 Å². The Morgan fingerprint density at radius 2 is 2.03 bits per heavy atom. The molecule has 1 aromatic rings. The normalized spacial score (nSPS) is 27.6. The molecule has 2 fully saturated rings. The minimum Gasteiger partial charge on any atom is -0.386 e. The summed E-state index contributed by atoms with van der Waals surface area (Å²) in [6, 6.07) is -0.330. The highest BCUT2D eigenvalue weighted by molar-refractivity contribution is 5.87. The summed E-state index contributed by atoms with van der Waals surface area (Å²) in [4.78, 5) is 50.8. The third-order valence-electron chi connectivity index (χ3n) is 5.87. The van der Waals surface area contributed by atoms with Crippen LogP contribution in [0.1, 0.15) is 38.6 Å². The van der Waals surface area contributed by atoms with Gasteiger partial charge in [0.1, 0.15) is 5.60 Å². The van der Waals surface area contributed by atoms with E-state index in [2.05, 4.69) is 4.98 Å². The van der Waals surface area contributed by atoms with E-state index in [1.807, 2.05) is 0 Å². The highest BCUT2D eigenvalue weighted by Crippen LogP contribution is 2.43. The number of aromatic amines is 1. The van der Waals surface area contributed by atoms with Gasteiger partial charge in [0.05, 0.1) is 30.7 Å². The highest BCUT2D eigenvalue weighted by atomic mass is 16.5. The molecule has 0 unspecified atom stereocenters. The Kier molecular flexibility index (Phi) is 5.65. The summed E-state index contributed by atoms with van der Waals surface area (Å²) in [5.41, 5.74) is 7.84. The molecule has 2 aliphatic rings. The largest absolute Gasteiger partial charge is 0.386 e. The summed E-state index contributed by atoms with van der Waals surface area (Å²) in [6.45, 7) is 2.35. The number of primary amides is 1. The molecule has 0 saturated carbocycles. The van der Waals surface area contributed by atoms with Gasteiger partial charge in [0.2, 0.25) is 11.8 Å². The maximum Gasteiger partial charge on any atom is 0.328 e. The summed E-state index contributed by atoms with van der Waals surface area (Å²) < 4.78 is 7.33. The maximum atomic E-state index is 12.4. The number of aromatic nitrogens is 2. The lowest BCUT2D eigenvalue weighted by Gasteiger charge is -2.51. The predicted octanol–water partition coefficient (Wildman–Crippen LogP) is -2.19. The molecule has 160 valence electrons. The van der Waals surface area contributed by atoms with E-state index in [0.717, 1.165) is 0 Å². The number of carbonyl (C=O) groups is 2. The third-order valence-corrected chi connectivity index (χ3v) is 5.87. The van der Waals surface area contributed by atoms with Crippen LogP contribution in [-0.4, -0.2) is 68.3 Å². The van der Waals surface area contributed by atoms with Crippen molar-refractivity contribution in [2.75, 3.05) is 19.7 Å². The fourth-order valence-corrected chi connectivity index (χ4v) is 4.12. The van der Waals surface area contributed by atoms with Crippen LogP contribution in [0.5, 0.6) is 0 Å². The van der Waals surface area contributed by atoms with Gasteiger partial charge in [0, 0.05) is 31.8 Å². The number of carbonyl (C=O) groups excluding carboxylic acids is 2. The van der Waals surface area contributed by atoms with E-state index >= 15 is 0 Å². The molecule has 29 heavy (non-hydrogen) atoms. The number of hydrogen-bond donors (Lipinski definition) is 4. The molecule has 0 aromatic carbocycles. The van der Waals surface area contributed by atoms with Crippen LogP contribution in [0.4, 0.5) is 0 Å². The SMILES string of the molecule is C[C@]1(O)COC2(CCN(C(=O)[C@H](N)CC(N)=O)CC2)C[C@@H]1n1ccc(=O)[nH]c1=O. The number of hydrogen-bond acceptors (Lipinski definition) is 7. The second-order valence-electron chi connectivity index (χ2n) is 8.17. The molecule has 11 heteroatoms. The minimum absolute atomic E-state index is 0.0123. The summed E-state index contributed by atoms with van der Waals surface area (Å²) in [5.74, 6) is -0.971. The number of piperidine rings is 1. The van der Waals surface area contributed by atoms with Gasteiger partial charge in [-0.25, -0.2) is 4.79 Å². The molecule has 2 aliphatic heterocycles. The van der Waals surface area contributed by atoms with E-state index in [9.17, 15) is 24.3 Å². The van der Waals surface area contributed by atoms with Gasteiger partial charge in [0.15, 0.2) is 0 Å². The van der Waals surface area contributed by atoms with Crippen LogP contribution < -0.4 is 22.7 Å². The smallest absolute Gasteiger partial charge is 0.328 e. The van der Waals surface area contributed by atoms with Crippen LogP contribution in [0.15, 0.2) is 21.9 Å². The van der Waals surface area contributed by atoms with E-state index in [-0.39, 0.29) is 18.9 Å². The van der Waals surface area contributed by atoms with Crippen molar-refractivity contribution in [2.45, 2.75) is 55.9 Å². The first-order valence-electron chi connectivity index (χ1n) is 9.53. The quantitative estimate of drug-likeness (QED) is 0.437. The van der Waals surface area contributed by atoms with E-state index < -0.39 is 40.4 Å². The standard InChI is InChI=1S/C18H27N5O6/c1-17(28)10-29-18(9-12(17)23-5-2-14(25)21-16(23)27)3-6-22(7-4-18)15(26)11(19)8-13(20)24/h2,5,11-12,28H,3-4,6-10,19H2,1H3,(H2,20,24)(H,21,25,27)/t11-,12+,17+/m1/s1. The van der Waals surface area contributed by atoms with Gasteiger partial charge in [-0.2, -0.15) is 0 Å². The second-order valence-corrected chi connectivity index (χ2v) is 8.17. The van der Waals surface area contributed by atoms with E-state index in [4.69, 9.17) is 16.2 Å². The Hall–Kier alpha value is -2.50. The van der Waals surface area contributed by atoms with Crippen molar-refractivity contribution >= 4 is 11.8 Å². The van der Waals surface area contributed by atoms with Gasteiger partial charge in [-0.1, -0.05) is 0 Å². The van der Waals surface area contributed by atoms with Crippen molar-refractivity contribution in [1.29, 1.82) is 0 Å². The van der Waals surface area contributed by atoms with Crippen molar-refractivity contribution in [1.82, 2.24) is 14.5 Å². The van der Waals surface area contributed by atoms with Gasteiger partial charge in [-0.3, -0.25) is 23.9 Å². The third kappa shape index (κ3) is 4.41. The molecule has 3 atom stereocenters. The molecule has 0 radical (unpaired) electrons. The first kappa shape index (κ1) is 21.2. The van der Waals surface area contributed by atoms with Crippen molar-refractivity contribution in [3.8, 4) is 0 Å². The Bertz CT molecular complexity index is 898. The molecule has 2 saturated heterocycles. The fraction of sp³-hybridized carbons (Fsp3) is 0.667. The molecule has 0 aliphatic carbocycles. The van der Waals surface area contributed by atoms with Crippen LogP contribution in [0.2, 0.25) is 0 Å². The molecular formula is C18H27N5O6. The average Bonchev–Trinajstić information content (AvgIpc) is 2.64. The van der Waals surface area contributed by atoms with Crippen LogP contribution in [0, 0.1) is 0 Å². The van der Waals surface area contributed by atoms with Gasteiger partial charge in [0.25, 0.3) is 5.56 Å². The number of nitrogens with two attached hydrogens (primary N) is 2. The lowest BCUT2D eigenvalue weighted by Crippen LogP contribution is -2.59. The number of ether oxygens (including phenoxy) is 1. The molecule has 6 N–H and O–H groups in total. The topological polar surface area (TPSA) is 174 Å². The first-order valence-corrected chi connectivity index (χ1v) is 9.53. The summed E-state index contributed by atoms with van der Waals surface area (Å²) in [7, 11) is 0. The number of nitrogens with zero attached hydrogens (tertiary/aromatic N) is 2. The van der Waals surface area contributed by atoms with Crippen molar-refractivity contribution < 1.29 is 19.4 Å². The molecular weight excluding hydrogens is 382 g/mol. The average molecular weight is 409 g/mol. The zero-order valence-corrected chi connectivity index (χ0v) is 16.3. The van der Waals surface area contributed by atoms with Gasteiger partial charge < -0.3 is 26.2 Å². The predicted molar refractivity (Wildman–Crippen MR) is 102 cm³/mol. The summed E-state index contributed by atoms with van der Waals surface area (Å²) in [6.07, 6.45) is 2.50. The molecule has 3 rings (SSSR count). The molecule has 0 bridgehead atoms. The molecule has 1 aromatic heterocycles. The van der Waals surface area contributed by atoms with Crippen LogP contribution in [0.3, 0.4) is 0 Å². The Morgan fingerprint density at radius 1 is 1.38 bits per heavy atom. The van der Waals surface area contributed by atoms with E-state index in [0.29, 0.717) is 32.4 Å². The van der Waals surface area contributed by atoms with E-state index in [1.165, 1.54) is 16.8 Å². The van der Waals surface area contributed by atoms with Crippen LogP contribution >= 0.6 is 0 Å². The minimum atomic E-state index is -1.30. The summed E-state index contributed by atoms with van der Waals surface area (Å²) >= 11 is 0. The highest BCUT2D eigenvalue weighted by Gasteiger charge is 2.49. The van der Waals surface area contributed by atoms with Crippen molar-refractivity contribution in [3.05, 3.63) is 33.1 Å². The lowest BCUT2D eigenvalue weighted by molar-refractivity contribution is -0.202. The first-order chi connectivity index (χ1) is 13.5. The number of rotatable bonds is 4. The zero-order chi connectivity index (χ0) is 21.4. The molecule has 1 spiro atoms. The zero-order valence-electron chi connectivity index (χ0n) is 16.3. The van der Waals surface area contributed by atoms with Crippen LogP contribution in [-0.2, 0) is 14.3 Å². The summed E-state index contributed by atoms with van der Waals surface area (Å²) in [5, 5.41) is 10.8. The van der Waals surface area contributed by atoms with E-state index in [1.54, 1.807) is 11.8 Å². The van der Waals surface area contributed by atoms with Crippen LogP contribution in [0.25, 0.3) is 0 Å². The number of amides is 2. The lowest BCUT2D eigenvalue weighted by atomic mass is 9.77. The Balaban J connectivity index is 1.74. The fourth-order valence-electron chi connectivity index (χ4n) is 4.12. The van der Waals surface area contributed by atoms with Gasteiger partial charge in [-0.15, -0.1) is 0 Å². The van der Waals surface area contributed by atoms with Crippen molar-refractivity contribution in [3.63, 3.8) is 0 Å². The molecule has 2 amide bonds. The number of aliphatic hydroxyl groups is 1. The second kappa shape index (κ2) is 7.73. The number of likely N-dealkylation sites (tertiary alicyclic amines) is 1. The monoisotopic (exact) mass is 409 g/mol. The Labute approximate surface area is 166 Å². The Morgan fingerprint density at radius 3 is 2.62 bits per heavy atom. The van der Waals surface area contributed by atoms with Gasteiger partial charge >= 0.3 is 5.69 Å². The maximum absolute atomic E-state index is 12.4. The van der Waals surface area contributed by atoms with Gasteiger partial charge in [-0.05, 0) is 19.8 Å². The molecule has 3 heterocycles. The number of H-pyrrole nitrogens is 1. The number of nitrogens with one attached hydrogen (secondary N) is 1. The molecule has 11 nitrogen and oxygen atoms in total.